The van der Waals surface area contributed by atoms with Gasteiger partial charge in [-0.25, -0.2) is 9.78 Å². The van der Waals surface area contributed by atoms with E-state index in [4.69, 9.17) is 5.53 Å². The quantitative estimate of drug-likeness (QED) is 0.259. The van der Waals surface area contributed by atoms with Crippen LogP contribution < -0.4 is 0 Å². The van der Waals surface area contributed by atoms with Crippen molar-refractivity contribution in [3.8, 4) is 0 Å². The molecule has 0 spiro atoms. The molecule has 0 amide bonds. The van der Waals surface area contributed by atoms with Crippen LogP contribution in [-0.2, 0) is 9.53 Å². The van der Waals surface area contributed by atoms with Crippen molar-refractivity contribution in [1.29, 1.82) is 0 Å². The molecule has 0 fully saturated rings. The fraction of sp³-hybridized carbons (Fsp3) is 0.143. The first-order valence-electron chi connectivity index (χ1n) is 3.62. The Morgan fingerprint density at radius 3 is 3.29 bits per heavy atom. The Morgan fingerprint density at radius 2 is 2.64 bits per heavy atom. The van der Waals surface area contributed by atoms with Crippen molar-refractivity contribution in [1.82, 2.24) is 9.97 Å². The van der Waals surface area contributed by atoms with Gasteiger partial charge >= 0.3 is 5.97 Å². The zero-order valence-corrected chi connectivity index (χ0v) is 7.34. The van der Waals surface area contributed by atoms with E-state index in [1.807, 2.05) is 0 Å². The first-order valence-corrected chi connectivity index (χ1v) is 3.62. The Balaban J connectivity index is 2.86. The van der Waals surface area contributed by atoms with Gasteiger partial charge in [0, 0.05) is 11.0 Å². The number of carbonyl (C=O) groups is 1. The number of H-pyrrole nitrogens is 1. The van der Waals surface area contributed by atoms with E-state index < -0.39 is 5.97 Å². The van der Waals surface area contributed by atoms with Gasteiger partial charge in [-0.05, 0) is 16.7 Å². The molecule has 0 saturated heterocycles. The summed E-state index contributed by atoms with van der Waals surface area (Å²) in [4.78, 5) is 19.8. The molecule has 1 N–H and O–H groups in total. The van der Waals surface area contributed by atoms with E-state index in [1.54, 1.807) is 0 Å². The van der Waals surface area contributed by atoms with E-state index in [0.717, 1.165) is 0 Å². The molecule has 7 heteroatoms. The molecule has 0 aliphatic rings. The number of azide groups is 1. The summed E-state index contributed by atoms with van der Waals surface area (Å²) in [6.07, 6.45) is 3.94. The van der Waals surface area contributed by atoms with Crippen LogP contribution in [0.2, 0.25) is 0 Å². The van der Waals surface area contributed by atoms with Crippen molar-refractivity contribution < 1.29 is 9.53 Å². The Hall–Kier alpha value is -2.27. The van der Waals surface area contributed by atoms with E-state index in [9.17, 15) is 4.79 Å². The van der Waals surface area contributed by atoms with Crippen molar-refractivity contribution in [2.24, 2.45) is 5.11 Å². The largest absolute Gasteiger partial charge is 0.466 e. The minimum atomic E-state index is -0.500. The van der Waals surface area contributed by atoms with Gasteiger partial charge in [-0.3, -0.25) is 0 Å². The Labute approximate surface area is 79.0 Å². The average Bonchev–Trinajstić information content (AvgIpc) is 2.62. The van der Waals surface area contributed by atoms with Crippen LogP contribution in [0.5, 0.6) is 0 Å². The molecule has 0 unspecified atom stereocenters. The van der Waals surface area contributed by atoms with E-state index in [2.05, 4.69) is 24.7 Å². The Morgan fingerprint density at radius 1 is 1.86 bits per heavy atom. The molecule has 1 aromatic heterocycles. The number of rotatable bonds is 3. The molecule has 7 nitrogen and oxygen atoms in total. The number of aromatic amines is 1. The second-order valence-corrected chi connectivity index (χ2v) is 2.18. The van der Waals surface area contributed by atoms with Crippen LogP contribution in [0.3, 0.4) is 0 Å². The van der Waals surface area contributed by atoms with Gasteiger partial charge in [0.2, 0.25) is 0 Å². The van der Waals surface area contributed by atoms with Crippen LogP contribution in [0.25, 0.3) is 16.5 Å². The van der Waals surface area contributed by atoms with E-state index >= 15 is 0 Å². The van der Waals surface area contributed by atoms with E-state index in [1.165, 1.54) is 25.6 Å². The van der Waals surface area contributed by atoms with Gasteiger partial charge in [0.15, 0.2) is 0 Å². The standard InChI is InChI=1S/C7H7N5O2/c1-14-6(13)3-2-5-7(11-12-8)10-4-9-5/h2-4H,1H3,(H,9,10)/b3-2+. The van der Waals surface area contributed by atoms with Crippen LogP contribution in [-0.4, -0.2) is 23.0 Å². The number of esters is 1. The average molecular weight is 193 g/mol. The van der Waals surface area contributed by atoms with Crippen LogP contribution in [0.15, 0.2) is 17.5 Å². The lowest BCUT2D eigenvalue weighted by Crippen LogP contribution is -1.93. The first kappa shape index (κ1) is 9.82. The van der Waals surface area contributed by atoms with Crippen LogP contribution >= 0.6 is 0 Å². The normalized spacial score (nSPS) is 9.79. The molecule has 0 radical (unpaired) electrons. The lowest BCUT2D eigenvalue weighted by molar-refractivity contribution is -0.134. The molecular formula is C7H7N5O2. The maximum atomic E-state index is 10.7. The lowest BCUT2D eigenvalue weighted by Gasteiger charge is -1.89. The highest BCUT2D eigenvalue weighted by atomic mass is 16.5. The number of methoxy groups -OCH3 is 1. The van der Waals surface area contributed by atoms with Crippen LogP contribution in [0.4, 0.5) is 5.82 Å². The number of nitrogens with zero attached hydrogens (tertiary/aromatic N) is 4. The number of aromatic nitrogens is 2. The minimum Gasteiger partial charge on any atom is -0.466 e. The molecule has 1 aromatic rings. The monoisotopic (exact) mass is 193 g/mol. The van der Waals surface area contributed by atoms with Crippen LogP contribution in [0, 0.1) is 0 Å². The molecule has 1 heterocycles. The maximum Gasteiger partial charge on any atom is 0.330 e. The molecule has 0 atom stereocenters. The summed E-state index contributed by atoms with van der Waals surface area (Å²) in [5.74, 6) is -0.243. The molecule has 0 bridgehead atoms. The van der Waals surface area contributed by atoms with Crippen molar-refractivity contribution in [3.05, 3.63) is 28.5 Å². The molecule has 0 aliphatic carbocycles. The van der Waals surface area contributed by atoms with Gasteiger partial charge in [0.25, 0.3) is 0 Å². The fourth-order valence-electron chi connectivity index (χ4n) is 0.760. The maximum absolute atomic E-state index is 10.7. The van der Waals surface area contributed by atoms with Gasteiger partial charge < -0.3 is 9.72 Å². The third-order valence-corrected chi connectivity index (χ3v) is 1.37. The van der Waals surface area contributed by atoms with Crippen molar-refractivity contribution in [2.75, 3.05) is 7.11 Å². The second kappa shape index (κ2) is 4.68. The molecular weight excluding hydrogens is 186 g/mol. The predicted molar refractivity (Wildman–Crippen MR) is 48.4 cm³/mol. The summed E-state index contributed by atoms with van der Waals surface area (Å²) in [5.41, 5.74) is 8.56. The van der Waals surface area contributed by atoms with Gasteiger partial charge in [0.05, 0.1) is 19.1 Å². The molecule has 1 rings (SSSR count). The van der Waals surface area contributed by atoms with E-state index in [0.29, 0.717) is 5.69 Å². The van der Waals surface area contributed by atoms with Gasteiger partial charge in [-0.15, -0.1) is 0 Å². The smallest absolute Gasteiger partial charge is 0.330 e. The van der Waals surface area contributed by atoms with Gasteiger partial charge in [-0.1, -0.05) is 0 Å². The third kappa shape index (κ3) is 2.36. The first-order chi connectivity index (χ1) is 6.77. The number of ether oxygens (including phenoxy) is 1. The number of hydrogen-bond acceptors (Lipinski definition) is 4. The molecule has 14 heavy (non-hydrogen) atoms. The fourth-order valence-corrected chi connectivity index (χ4v) is 0.760. The second-order valence-electron chi connectivity index (χ2n) is 2.18. The molecule has 0 aromatic carbocycles. The number of carbonyl (C=O) groups excluding carboxylic acids is 1. The summed E-state index contributed by atoms with van der Waals surface area (Å²) >= 11 is 0. The number of nitrogens with one attached hydrogen (secondary N) is 1. The zero-order chi connectivity index (χ0) is 10.4. The number of imidazole rings is 1. The zero-order valence-electron chi connectivity index (χ0n) is 7.34. The third-order valence-electron chi connectivity index (χ3n) is 1.37. The SMILES string of the molecule is COC(=O)/C=C/c1nc[nH]c1N=[N+]=[N-]. The Bertz CT molecular complexity index is 402. The predicted octanol–water partition coefficient (Wildman–Crippen LogP) is 1.54. The summed E-state index contributed by atoms with van der Waals surface area (Å²) in [6.45, 7) is 0. The lowest BCUT2D eigenvalue weighted by atomic mass is 10.4. The van der Waals surface area contributed by atoms with Gasteiger partial charge in [0.1, 0.15) is 5.82 Å². The van der Waals surface area contributed by atoms with Gasteiger partial charge in [-0.2, -0.15) is 0 Å². The molecule has 0 saturated carbocycles. The van der Waals surface area contributed by atoms with Crippen molar-refractivity contribution in [2.45, 2.75) is 0 Å². The van der Waals surface area contributed by atoms with Crippen molar-refractivity contribution >= 4 is 17.9 Å². The van der Waals surface area contributed by atoms with Crippen molar-refractivity contribution in [3.63, 3.8) is 0 Å². The summed E-state index contributed by atoms with van der Waals surface area (Å²) in [5, 5.41) is 3.33. The minimum absolute atomic E-state index is 0.257. The van der Waals surface area contributed by atoms with E-state index in [-0.39, 0.29) is 5.82 Å². The molecule has 72 valence electrons. The number of hydrogen-bond donors (Lipinski definition) is 1. The summed E-state index contributed by atoms with van der Waals surface area (Å²) < 4.78 is 4.38. The highest BCUT2D eigenvalue weighted by molar-refractivity contribution is 5.87. The summed E-state index contributed by atoms with van der Waals surface area (Å²) in [6, 6.07) is 0. The summed E-state index contributed by atoms with van der Waals surface area (Å²) in [7, 11) is 1.27. The highest BCUT2D eigenvalue weighted by Crippen LogP contribution is 2.14. The topological polar surface area (TPSA) is 104 Å². The molecule has 0 aliphatic heterocycles. The van der Waals surface area contributed by atoms with Crippen LogP contribution in [0.1, 0.15) is 5.69 Å². The highest BCUT2D eigenvalue weighted by Gasteiger charge is 1.99. The Kier molecular flexibility index (Phi) is 3.28.